The molecule has 2 N–H and O–H groups in total. The molecular weight excluding hydrogens is 402 g/mol. The molecule has 30 heavy (non-hydrogen) atoms. The van der Waals surface area contributed by atoms with E-state index in [1.165, 1.54) is 5.69 Å². The first-order chi connectivity index (χ1) is 14.6. The van der Waals surface area contributed by atoms with Crippen LogP contribution in [0.4, 0.5) is 5.69 Å². The lowest BCUT2D eigenvalue weighted by molar-refractivity contribution is 0.0954. The van der Waals surface area contributed by atoms with Crippen LogP contribution in [0, 0.1) is 0 Å². The van der Waals surface area contributed by atoms with Crippen molar-refractivity contribution in [2.75, 3.05) is 58.3 Å². The van der Waals surface area contributed by atoms with Gasteiger partial charge < -0.3 is 25.2 Å². The molecule has 0 unspecified atom stereocenters. The van der Waals surface area contributed by atoms with Crippen molar-refractivity contribution in [2.24, 2.45) is 4.99 Å². The zero-order valence-corrected chi connectivity index (χ0v) is 18.2. The maximum atomic E-state index is 12.2. The Morgan fingerprint density at radius 1 is 1.07 bits per heavy atom. The third kappa shape index (κ3) is 5.57. The summed E-state index contributed by atoms with van der Waals surface area (Å²) in [4.78, 5) is 21.2. The molecule has 0 saturated carbocycles. The maximum absolute atomic E-state index is 12.2. The van der Waals surface area contributed by atoms with E-state index in [0.29, 0.717) is 23.7 Å². The van der Waals surface area contributed by atoms with Gasteiger partial charge in [-0.1, -0.05) is 29.8 Å². The molecule has 1 aliphatic rings. The third-order valence-corrected chi connectivity index (χ3v) is 5.35. The van der Waals surface area contributed by atoms with E-state index in [1.807, 2.05) is 12.1 Å². The Morgan fingerprint density at radius 3 is 2.50 bits per heavy atom. The first-order valence-corrected chi connectivity index (χ1v) is 10.4. The van der Waals surface area contributed by atoms with Crippen LogP contribution in [0.15, 0.2) is 53.5 Å². The average Bonchev–Trinajstić information content (AvgIpc) is 2.79. The minimum absolute atomic E-state index is 0.177. The first-order valence-electron chi connectivity index (χ1n) is 9.99. The standard InChI is InChI=1S/C22H28ClN5O2/c1-24-22(26-11-10-25-21(29)19-8-3-4-9-20(19)23)28-14-12-27(13-15-28)17-6-5-7-18(16-17)30-2/h3-9,16H,10-15H2,1-2H3,(H,24,26)(H,25,29). The van der Waals surface area contributed by atoms with Gasteiger partial charge in [0.1, 0.15) is 5.75 Å². The summed E-state index contributed by atoms with van der Waals surface area (Å²) in [5.74, 6) is 1.53. The van der Waals surface area contributed by atoms with Gasteiger partial charge >= 0.3 is 0 Å². The van der Waals surface area contributed by atoms with Gasteiger partial charge in [-0.15, -0.1) is 0 Å². The normalized spacial score (nSPS) is 14.4. The summed E-state index contributed by atoms with van der Waals surface area (Å²) >= 11 is 6.07. The number of benzene rings is 2. The Bertz CT molecular complexity index is 881. The zero-order chi connectivity index (χ0) is 21.3. The number of carbonyl (C=O) groups is 1. The Morgan fingerprint density at radius 2 is 1.80 bits per heavy atom. The molecule has 1 heterocycles. The fourth-order valence-electron chi connectivity index (χ4n) is 3.41. The number of ether oxygens (including phenoxy) is 1. The number of hydrogen-bond acceptors (Lipinski definition) is 4. The van der Waals surface area contributed by atoms with Crippen LogP contribution in [-0.4, -0.2) is 70.2 Å². The predicted octanol–water partition coefficient (Wildman–Crippen LogP) is 2.48. The van der Waals surface area contributed by atoms with E-state index in [1.54, 1.807) is 38.4 Å². The molecule has 1 aliphatic heterocycles. The number of nitrogens with one attached hydrogen (secondary N) is 2. The SMILES string of the molecule is CN=C(NCCNC(=O)c1ccccc1Cl)N1CCN(c2cccc(OC)c2)CC1. The van der Waals surface area contributed by atoms with Crippen LogP contribution in [0.3, 0.4) is 0 Å². The molecule has 0 atom stereocenters. The van der Waals surface area contributed by atoms with Gasteiger partial charge in [0.15, 0.2) is 5.96 Å². The van der Waals surface area contributed by atoms with Crippen molar-refractivity contribution in [2.45, 2.75) is 0 Å². The highest BCUT2D eigenvalue weighted by atomic mass is 35.5. The van der Waals surface area contributed by atoms with E-state index < -0.39 is 0 Å². The van der Waals surface area contributed by atoms with Gasteiger partial charge in [0.05, 0.1) is 17.7 Å². The summed E-state index contributed by atoms with van der Waals surface area (Å²) in [6.07, 6.45) is 0. The molecule has 0 spiro atoms. The van der Waals surface area contributed by atoms with E-state index in [4.69, 9.17) is 16.3 Å². The first kappa shape index (κ1) is 21.8. The van der Waals surface area contributed by atoms with E-state index in [-0.39, 0.29) is 5.91 Å². The van der Waals surface area contributed by atoms with E-state index in [0.717, 1.165) is 37.9 Å². The van der Waals surface area contributed by atoms with Crippen molar-refractivity contribution in [3.05, 3.63) is 59.1 Å². The minimum atomic E-state index is -0.177. The van der Waals surface area contributed by atoms with Crippen LogP contribution in [0.2, 0.25) is 5.02 Å². The number of halogens is 1. The number of guanidine groups is 1. The molecule has 1 amide bonds. The predicted molar refractivity (Wildman–Crippen MR) is 122 cm³/mol. The molecule has 1 saturated heterocycles. The molecule has 0 aromatic heterocycles. The second kappa shape index (κ2) is 10.7. The smallest absolute Gasteiger partial charge is 0.252 e. The van der Waals surface area contributed by atoms with Gasteiger partial charge in [-0.05, 0) is 24.3 Å². The van der Waals surface area contributed by atoms with E-state index >= 15 is 0 Å². The Balaban J connectivity index is 1.43. The fraction of sp³-hybridized carbons (Fsp3) is 0.364. The number of anilines is 1. The topological polar surface area (TPSA) is 69.2 Å². The van der Waals surface area contributed by atoms with Gasteiger partial charge in [-0.2, -0.15) is 0 Å². The van der Waals surface area contributed by atoms with Crippen LogP contribution in [0.5, 0.6) is 5.75 Å². The monoisotopic (exact) mass is 429 g/mol. The van der Waals surface area contributed by atoms with Gasteiger partial charge in [-0.3, -0.25) is 9.79 Å². The summed E-state index contributed by atoms with van der Waals surface area (Å²) < 4.78 is 5.33. The summed E-state index contributed by atoms with van der Waals surface area (Å²) in [6, 6.07) is 15.2. The number of aliphatic imine (C=N–C) groups is 1. The largest absolute Gasteiger partial charge is 0.497 e. The van der Waals surface area contributed by atoms with Crippen molar-refractivity contribution in [3.63, 3.8) is 0 Å². The van der Waals surface area contributed by atoms with Crippen LogP contribution in [-0.2, 0) is 0 Å². The van der Waals surface area contributed by atoms with E-state index in [2.05, 4.69) is 37.6 Å². The average molecular weight is 430 g/mol. The molecule has 3 rings (SSSR count). The lowest BCUT2D eigenvalue weighted by Crippen LogP contribution is -2.53. The molecule has 160 valence electrons. The zero-order valence-electron chi connectivity index (χ0n) is 17.4. The highest BCUT2D eigenvalue weighted by Crippen LogP contribution is 2.22. The lowest BCUT2D eigenvalue weighted by atomic mass is 10.2. The second-order valence-electron chi connectivity index (χ2n) is 6.89. The molecule has 0 bridgehead atoms. The summed E-state index contributed by atoms with van der Waals surface area (Å²) in [7, 11) is 3.46. The van der Waals surface area contributed by atoms with Crippen molar-refractivity contribution in [1.29, 1.82) is 0 Å². The molecule has 8 heteroatoms. The number of carbonyl (C=O) groups excluding carboxylic acids is 1. The van der Waals surface area contributed by atoms with Crippen LogP contribution in [0.25, 0.3) is 0 Å². The highest BCUT2D eigenvalue weighted by Gasteiger charge is 2.20. The summed E-state index contributed by atoms with van der Waals surface area (Å²) in [5, 5.41) is 6.66. The fourth-order valence-corrected chi connectivity index (χ4v) is 3.63. The van der Waals surface area contributed by atoms with Crippen LogP contribution >= 0.6 is 11.6 Å². The summed E-state index contributed by atoms with van der Waals surface area (Å²) in [5.41, 5.74) is 1.65. The van der Waals surface area contributed by atoms with Gasteiger partial charge in [0.2, 0.25) is 0 Å². The molecule has 0 aliphatic carbocycles. The number of rotatable bonds is 6. The number of nitrogens with zero attached hydrogens (tertiary/aromatic N) is 3. The Hall–Kier alpha value is -2.93. The van der Waals surface area contributed by atoms with E-state index in [9.17, 15) is 4.79 Å². The number of hydrogen-bond donors (Lipinski definition) is 2. The number of piperazine rings is 1. The van der Waals surface area contributed by atoms with Crippen molar-refractivity contribution >= 4 is 29.2 Å². The molecule has 2 aromatic carbocycles. The molecule has 0 radical (unpaired) electrons. The number of methoxy groups -OCH3 is 1. The third-order valence-electron chi connectivity index (χ3n) is 5.02. The minimum Gasteiger partial charge on any atom is -0.497 e. The van der Waals surface area contributed by atoms with Crippen molar-refractivity contribution < 1.29 is 9.53 Å². The lowest BCUT2D eigenvalue weighted by Gasteiger charge is -2.37. The van der Waals surface area contributed by atoms with Crippen molar-refractivity contribution in [1.82, 2.24) is 15.5 Å². The van der Waals surface area contributed by atoms with Gasteiger partial charge in [-0.25, -0.2) is 0 Å². The van der Waals surface area contributed by atoms with Gasteiger partial charge in [0, 0.05) is 58.1 Å². The Labute approximate surface area is 182 Å². The van der Waals surface area contributed by atoms with Crippen LogP contribution < -0.4 is 20.3 Å². The summed E-state index contributed by atoms with van der Waals surface area (Å²) in [6.45, 7) is 4.59. The number of amides is 1. The quantitative estimate of drug-likeness (QED) is 0.419. The maximum Gasteiger partial charge on any atom is 0.252 e. The van der Waals surface area contributed by atoms with Crippen LogP contribution in [0.1, 0.15) is 10.4 Å². The molecule has 1 fully saturated rings. The second-order valence-corrected chi connectivity index (χ2v) is 7.29. The van der Waals surface area contributed by atoms with Gasteiger partial charge in [0.25, 0.3) is 5.91 Å². The molecule has 2 aromatic rings. The highest BCUT2D eigenvalue weighted by molar-refractivity contribution is 6.33. The van der Waals surface area contributed by atoms with Crippen molar-refractivity contribution in [3.8, 4) is 5.75 Å². The Kier molecular flexibility index (Phi) is 7.79. The molecule has 7 nitrogen and oxygen atoms in total. The molecular formula is C22H28ClN5O2.